The maximum atomic E-state index is 4.25. The Kier molecular flexibility index (Phi) is 2.13. The number of aryl methyl sites for hydroxylation is 1. The minimum atomic E-state index is 0.891. The van der Waals surface area contributed by atoms with Gasteiger partial charge in [0.05, 0.1) is 0 Å². The summed E-state index contributed by atoms with van der Waals surface area (Å²) >= 11 is 0. The van der Waals surface area contributed by atoms with E-state index in [1.807, 2.05) is 0 Å². The fourth-order valence-corrected chi connectivity index (χ4v) is 2.00. The highest BCUT2D eigenvalue weighted by Gasteiger charge is 2.15. The molecule has 3 rings (SSSR count). The largest absolute Gasteiger partial charge is 0.354 e. The molecule has 1 aromatic carbocycles. The van der Waals surface area contributed by atoms with Gasteiger partial charge in [-0.1, -0.05) is 29.8 Å². The normalized spacial score (nSPS) is 14.3. The van der Waals surface area contributed by atoms with Gasteiger partial charge in [-0.25, -0.2) is 0 Å². The van der Waals surface area contributed by atoms with Gasteiger partial charge in [-0.05, 0) is 13.3 Å². The quantitative estimate of drug-likeness (QED) is 0.790. The number of anilines is 1. The van der Waals surface area contributed by atoms with Gasteiger partial charge in [-0.3, -0.25) is 4.57 Å². The van der Waals surface area contributed by atoms with Gasteiger partial charge in [-0.15, -0.1) is 10.2 Å². The second kappa shape index (κ2) is 3.63. The first-order chi connectivity index (χ1) is 7.84. The summed E-state index contributed by atoms with van der Waals surface area (Å²) in [7, 11) is 0. The van der Waals surface area contributed by atoms with Gasteiger partial charge in [0.1, 0.15) is 0 Å². The molecule has 16 heavy (non-hydrogen) atoms. The van der Waals surface area contributed by atoms with Crippen molar-refractivity contribution in [2.24, 2.45) is 0 Å². The van der Waals surface area contributed by atoms with E-state index in [0.29, 0.717) is 0 Å². The Bertz CT molecular complexity index is 498. The lowest BCUT2D eigenvalue weighted by Gasteiger charge is -2.16. The molecule has 2 aromatic rings. The molecule has 1 aliphatic rings. The SMILES string of the molecule is Cc1ccc(-c2nnc3n2CCCN3)cc1. The molecule has 0 unspecified atom stereocenters. The van der Waals surface area contributed by atoms with Crippen LogP contribution >= 0.6 is 0 Å². The predicted octanol–water partition coefficient (Wildman–Crippen LogP) is 2.07. The highest BCUT2D eigenvalue weighted by Crippen LogP contribution is 2.23. The number of rotatable bonds is 1. The first-order valence-corrected chi connectivity index (χ1v) is 5.59. The Labute approximate surface area is 94.3 Å². The second-order valence-corrected chi connectivity index (χ2v) is 4.15. The van der Waals surface area contributed by atoms with E-state index in [0.717, 1.165) is 36.8 Å². The van der Waals surface area contributed by atoms with E-state index in [1.54, 1.807) is 0 Å². The monoisotopic (exact) mass is 214 g/mol. The average molecular weight is 214 g/mol. The molecule has 2 heterocycles. The van der Waals surface area contributed by atoms with Crippen LogP contribution in [0.4, 0.5) is 5.95 Å². The van der Waals surface area contributed by atoms with Crippen LogP contribution in [0, 0.1) is 6.92 Å². The lowest BCUT2D eigenvalue weighted by molar-refractivity contribution is 0.631. The van der Waals surface area contributed by atoms with Crippen molar-refractivity contribution in [1.82, 2.24) is 14.8 Å². The molecule has 0 radical (unpaired) electrons. The van der Waals surface area contributed by atoms with Gasteiger partial charge in [-0.2, -0.15) is 0 Å². The molecule has 0 bridgehead atoms. The average Bonchev–Trinajstić information content (AvgIpc) is 2.74. The van der Waals surface area contributed by atoms with Gasteiger partial charge in [0.2, 0.25) is 5.95 Å². The third kappa shape index (κ3) is 1.46. The van der Waals surface area contributed by atoms with Crippen LogP contribution in [0.15, 0.2) is 24.3 Å². The van der Waals surface area contributed by atoms with Crippen LogP contribution < -0.4 is 5.32 Å². The summed E-state index contributed by atoms with van der Waals surface area (Å²) in [5.41, 5.74) is 2.40. The fraction of sp³-hybridized carbons (Fsp3) is 0.333. The molecule has 0 fully saturated rings. The van der Waals surface area contributed by atoms with Crippen LogP contribution in [-0.4, -0.2) is 21.3 Å². The first-order valence-electron chi connectivity index (χ1n) is 5.59. The second-order valence-electron chi connectivity index (χ2n) is 4.15. The Balaban J connectivity index is 2.06. The first kappa shape index (κ1) is 9.39. The number of hydrogen-bond donors (Lipinski definition) is 1. The van der Waals surface area contributed by atoms with E-state index in [9.17, 15) is 0 Å². The summed E-state index contributed by atoms with van der Waals surface area (Å²) in [6.45, 7) is 4.08. The summed E-state index contributed by atoms with van der Waals surface area (Å²) < 4.78 is 2.15. The molecule has 0 aliphatic carbocycles. The lowest BCUT2D eigenvalue weighted by atomic mass is 10.1. The molecule has 0 amide bonds. The van der Waals surface area contributed by atoms with Crippen molar-refractivity contribution in [3.63, 3.8) is 0 Å². The van der Waals surface area contributed by atoms with Crippen molar-refractivity contribution in [2.75, 3.05) is 11.9 Å². The minimum absolute atomic E-state index is 0.891. The Morgan fingerprint density at radius 3 is 2.81 bits per heavy atom. The van der Waals surface area contributed by atoms with Crippen LogP contribution in [0.5, 0.6) is 0 Å². The van der Waals surface area contributed by atoms with Gasteiger partial charge >= 0.3 is 0 Å². The molecular weight excluding hydrogens is 200 g/mol. The van der Waals surface area contributed by atoms with Crippen molar-refractivity contribution in [1.29, 1.82) is 0 Å². The zero-order valence-electron chi connectivity index (χ0n) is 9.27. The zero-order chi connectivity index (χ0) is 11.0. The maximum Gasteiger partial charge on any atom is 0.224 e. The van der Waals surface area contributed by atoms with Crippen LogP contribution in [0.2, 0.25) is 0 Å². The summed E-state index contributed by atoms with van der Waals surface area (Å²) in [4.78, 5) is 0. The molecule has 1 aromatic heterocycles. The van der Waals surface area contributed by atoms with Crippen LogP contribution in [0.3, 0.4) is 0 Å². The molecule has 4 nitrogen and oxygen atoms in total. The van der Waals surface area contributed by atoms with Crippen molar-refractivity contribution in [2.45, 2.75) is 19.9 Å². The van der Waals surface area contributed by atoms with Crippen LogP contribution in [0.1, 0.15) is 12.0 Å². The van der Waals surface area contributed by atoms with E-state index in [2.05, 4.69) is 51.3 Å². The van der Waals surface area contributed by atoms with E-state index in [1.165, 1.54) is 5.56 Å². The molecule has 0 atom stereocenters. The van der Waals surface area contributed by atoms with Gasteiger partial charge in [0.25, 0.3) is 0 Å². The molecule has 4 heteroatoms. The Hall–Kier alpha value is -1.84. The van der Waals surface area contributed by atoms with E-state index < -0.39 is 0 Å². The van der Waals surface area contributed by atoms with Crippen molar-refractivity contribution in [3.05, 3.63) is 29.8 Å². The number of fused-ring (bicyclic) bond motifs is 1. The van der Waals surface area contributed by atoms with Crippen molar-refractivity contribution >= 4 is 5.95 Å². The molecule has 1 aliphatic heterocycles. The third-order valence-corrected chi connectivity index (χ3v) is 2.90. The van der Waals surface area contributed by atoms with E-state index in [-0.39, 0.29) is 0 Å². The number of aromatic nitrogens is 3. The van der Waals surface area contributed by atoms with E-state index in [4.69, 9.17) is 0 Å². The molecule has 0 spiro atoms. The van der Waals surface area contributed by atoms with Crippen molar-refractivity contribution in [3.8, 4) is 11.4 Å². The van der Waals surface area contributed by atoms with Gasteiger partial charge < -0.3 is 5.32 Å². The van der Waals surface area contributed by atoms with Crippen LogP contribution in [0.25, 0.3) is 11.4 Å². The standard InChI is InChI=1S/C12H14N4/c1-9-3-5-10(6-4-9)11-14-15-12-13-7-2-8-16(11)12/h3-6H,2,7-8H2,1H3,(H,13,15). The summed E-state index contributed by atoms with van der Waals surface area (Å²) in [6, 6.07) is 8.41. The number of hydrogen-bond acceptors (Lipinski definition) is 3. The van der Waals surface area contributed by atoms with Crippen molar-refractivity contribution < 1.29 is 0 Å². The topological polar surface area (TPSA) is 42.7 Å². The molecule has 0 saturated carbocycles. The maximum absolute atomic E-state index is 4.25. The summed E-state index contributed by atoms with van der Waals surface area (Å²) in [6.07, 6.45) is 1.13. The number of benzene rings is 1. The zero-order valence-corrected chi connectivity index (χ0v) is 9.27. The highest BCUT2D eigenvalue weighted by molar-refractivity contribution is 5.58. The minimum Gasteiger partial charge on any atom is -0.354 e. The molecule has 82 valence electrons. The lowest BCUT2D eigenvalue weighted by Crippen LogP contribution is -2.17. The van der Waals surface area contributed by atoms with Crippen LogP contribution in [-0.2, 0) is 6.54 Å². The Morgan fingerprint density at radius 2 is 2.00 bits per heavy atom. The summed E-state index contributed by atoms with van der Waals surface area (Å²) in [5, 5.41) is 11.7. The molecular formula is C12H14N4. The fourth-order valence-electron chi connectivity index (χ4n) is 2.00. The number of nitrogens with zero attached hydrogens (tertiary/aromatic N) is 3. The van der Waals surface area contributed by atoms with E-state index >= 15 is 0 Å². The summed E-state index contributed by atoms with van der Waals surface area (Å²) in [5.74, 6) is 1.85. The van der Waals surface area contributed by atoms with Gasteiger partial charge in [0.15, 0.2) is 5.82 Å². The Morgan fingerprint density at radius 1 is 1.19 bits per heavy atom. The molecule has 0 saturated heterocycles. The third-order valence-electron chi connectivity index (χ3n) is 2.90. The number of nitrogens with one attached hydrogen (secondary N) is 1. The highest BCUT2D eigenvalue weighted by atomic mass is 15.4. The smallest absolute Gasteiger partial charge is 0.224 e. The molecule has 1 N–H and O–H groups in total. The predicted molar refractivity (Wildman–Crippen MR) is 63.3 cm³/mol. The van der Waals surface area contributed by atoms with Gasteiger partial charge in [0, 0.05) is 18.7 Å².